The monoisotopic (exact) mass is 400 g/mol. The van der Waals surface area contributed by atoms with Crippen molar-refractivity contribution in [2.45, 2.75) is 31.1 Å². The molecule has 9 heteroatoms. The molecule has 0 fully saturated rings. The molecule has 0 aliphatic carbocycles. The summed E-state index contributed by atoms with van der Waals surface area (Å²) in [4.78, 5) is 12.1. The van der Waals surface area contributed by atoms with Gasteiger partial charge in [0.05, 0.1) is 16.2 Å². The highest BCUT2D eigenvalue weighted by Crippen LogP contribution is 2.21. The van der Waals surface area contributed by atoms with Crippen LogP contribution >= 0.6 is 0 Å². The Morgan fingerprint density at radius 3 is 2.43 bits per heavy atom. The van der Waals surface area contributed by atoms with E-state index in [9.17, 15) is 18.5 Å². The number of sulfone groups is 1. The lowest BCUT2D eigenvalue weighted by Gasteiger charge is -2.09. The molecule has 2 aromatic rings. The molecule has 0 atom stereocenters. The number of hydrogen-bond donors (Lipinski definition) is 3. The van der Waals surface area contributed by atoms with Gasteiger partial charge in [-0.3, -0.25) is 4.79 Å². The molecule has 2 rings (SSSR count). The minimum Gasteiger partial charge on any atom is -0.423 e. The summed E-state index contributed by atoms with van der Waals surface area (Å²) in [7, 11) is -5.01. The number of aryl methyl sites for hydroxylation is 1. The molecule has 7 nitrogen and oxygen atoms in total. The molecule has 0 saturated heterocycles. The van der Waals surface area contributed by atoms with Crippen LogP contribution in [0.5, 0.6) is 0 Å². The van der Waals surface area contributed by atoms with Crippen molar-refractivity contribution in [3.05, 3.63) is 53.6 Å². The van der Waals surface area contributed by atoms with E-state index in [-0.39, 0.29) is 28.5 Å². The number of benzene rings is 2. The number of carbonyl (C=O) groups is 1. The summed E-state index contributed by atoms with van der Waals surface area (Å²) < 4.78 is 24.0. The molecule has 0 radical (unpaired) electrons. The number of nitrogens with zero attached hydrogens (tertiary/aromatic N) is 1. The van der Waals surface area contributed by atoms with E-state index < -0.39 is 17.0 Å². The smallest absolute Gasteiger partial charge is 0.423 e. The first kappa shape index (κ1) is 21.6. The van der Waals surface area contributed by atoms with Crippen molar-refractivity contribution in [3.8, 4) is 6.07 Å². The first-order valence-corrected chi connectivity index (χ1v) is 10.4. The van der Waals surface area contributed by atoms with Crippen molar-refractivity contribution in [2.24, 2.45) is 0 Å². The fourth-order valence-corrected chi connectivity index (χ4v) is 3.68. The average Bonchev–Trinajstić information content (AvgIpc) is 2.68. The van der Waals surface area contributed by atoms with E-state index in [0.717, 1.165) is 5.56 Å². The van der Waals surface area contributed by atoms with Gasteiger partial charge in [-0.2, -0.15) is 5.26 Å². The average molecular weight is 400 g/mol. The second-order valence-corrected chi connectivity index (χ2v) is 8.49. The van der Waals surface area contributed by atoms with Crippen LogP contribution in [0.4, 0.5) is 5.69 Å². The molecule has 0 aromatic heterocycles. The molecular formula is C19H21BN2O5S. The summed E-state index contributed by atoms with van der Waals surface area (Å²) in [5.41, 5.74) is 1.75. The van der Waals surface area contributed by atoms with Crippen LogP contribution in [0.25, 0.3) is 0 Å². The Morgan fingerprint density at radius 2 is 1.86 bits per heavy atom. The van der Waals surface area contributed by atoms with Crippen molar-refractivity contribution in [1.29, 1.82) is 5.26 Å². The highest BCUT2D eigenvalue weighted by atomic mass is 32.2. The van der Waals surface area contributed by atoms with Gasteiger partial charge in [0.25, 0.3) is 0 Å². The van der Waals surface area contributed by atoms with Crippen molar-refractivity contribution in [2.75, 3.05) is 11.1 Å². The first-order chi connectivity index (χ1) is 13.3. The third-order valence-corrected chi connectivity index (χ3v) is 6.03. The third-order valence-electron chi connectivity index (χ3n) is 4.25. The van der Waals surface area contributed by atoms with E-state index in [0.29, 0.717) is 24.0 Å². The van der Waals surface area contributed by atoms with Crippen LogP contribution in [0.1, 0.15) is 30.9 Å². The van der Waals surface area contributed by atoms with Gasteiger partial charge in [0.2, 0.25) is 5.91 Å². The molecule has 28 heavy (non-hydrogen) atoms. The largest absolute Gasteiger partial charge is 0.488 e. The fraction of sp³-hybridized carbons (Fsp3) is 0.263. The van der Waals surface area contributed by atoms with E-state index in [1.165, 1.54) is 25.1 Å². The van der Waals surface area contributed by atoms with Gasteiger partial charge in [-0.05, 0) is 42.1 Å². The molecule has 3 N–H and O–H groups in total. The van der Waals surface area contributed by atoms with Crippen LogP contribution < -0.4 is 10.8 Å². The molecule has 2 aromatic carbocycles. The molecule has 1 amide bonds. The van der Waals surface area contributed by atoms with Gasteiger partial charge in [-0.1, -0.05) is 31.2 Å². The maximum Gasteiger partial charge on any atom is 0.488 e. The summed E-state index contributed by atoms with van der Waals surface area (Å²) in [5, 5.41) is 30.0. The summed E-state index contributed by atoms with van der Waals surface area (Å²) in [6.45, 7) is 1.51. The van der Waals surface area contributed by atoms with E-state index >= 15 is 0 Å². The van der Waals surface area contributed by atoms with E-state index in [2.05, 4.69) is 5.32 Å². The predicted molar refractivity (Wildman–Crippen MR) is 107 cm³/mol. The first-order valence-electron chi connectivity index (χ1n) is 8.78. The minimum absolute atomic E-state index is 0.00538. The van der Waals surface area contributed by atoms with Gasteiger partial charge < -0.3 is 15.4 Å². The van der Waals surface area contributed by atoms with Crippen LogP contribution in [0, 0.1) is 11.3 Å². The van der Waals surface area contributed by atoms with Gasteiger partial charge in [0.15, 0.2) is 9.84 Å². The number of hydrogen-bond acceptors (Lipinski definition) is 6. The number of rotatable bonds is 8. The Balaban J connectivity index is 1.93. The van der Waals surface area contributed by atoms with Crippen LogP contribution in [-0.2, 0) is 21.1 Å². The highest BCUT2D eigenvalue weighted by Gasteiger charge is 2.17. The van der Waals surface area contributed by atoms with Crippen LogP contribution in [0.15, 0.2) is 47.4 Å². The van der Waals surface area contributed by atoms with Crippen molar-refractivity contribution in [1.82, 2.24) is 0 Å². The molecule has 0 unspecified atom stereocenters. The maximum atomic E-state index is 12.1. The third kappa shape index (κ3) is 5.66. The van der Waals surface area contributed by atoms with Crippen molar-refractivity contribution < 1.29 is 23.3 Å². The topological polar surface area (TPSA) is 127 Å². The molecule has 0 aliphatic rings. The number of nitriles is 1. The highest BCUT2D eigenvalue weighted by molar-refractivity contribution is 7.91. The van der Waals surface area contributed by atoms with Gasteiger partial charge in [-0.25, -0.2) is 8.42 Å². The Morgan fingerprint density at radius 1 is 1.18 bits per heavy atom. The van der Waals surface area contributed by atoms with E-state index in [1.807, 2.05) is 6.07 Å². The molecule has 0 saturated carbocycles. The summed E-state index contributed by atoms with van der Waals surface area (Å²) in [6.07, 6.45) is 1.48. The second kappa shape index (κ2) is 9.51. The number of nitrogens with one attached hydrogen (secondary N) is 1. The van der Waals surface area contributed by atoms with Gasteiger partial charge in [0, 0.05) is 12.1 Å². The van der Waals surface area contributed by atoms with Gasteiger partial charge in [-0.15, -0.1) is 0 Å². The zero-order valence-corrected chi connectivity index (χ0v) is 16.2. The number of amides is 1. The second-order valence-electron chi connectivity index (χ2n) is 6.24. The minimum atomic E-state index is -3.51. The lowest BCUT2D eigenvalue weighted by molar-refractivity contribution is -0.116. The normalized spacial score (nSPS) is 10.9. The predicted octanol–water partition coefficient (Wildman–Crippen LogP) is 0.993. The lowest BCUT2D eigenvalue weighted by atomic mass is 9.80. The molecule has 0 bridgehead atoms. The Hall–Kier alpha value is -2.67. The molecule has 0 spiro atoms. The van der Waals surface area contributed by atoms with Gasteiger partial charge in [0.1, 0.15) is 6.07 Å². The van der Waals surface area contributed by atoms with Crippen LogP contribution in [0.3, 0.4) is 0 Å². The SMILES string of the molecule is CCS(=O)(=O)c1ccc(NC(=O)CCCc2ccc(B(O)O)cc2)cc1C#N. The fourth-order valence-electron chi connectivity index (χ4n) is 2.65. The van der Waals surface area contributed by atoms with Crippen LogP contribution in [0.2, 0.25) is 0 Å². The number of anilines is 1. The summed E-state index contributed by atoms with van der Waals surface area (Å²) in [5.74, 6) is -0.344. The maximum absolute atomic E-state index is 12.1. The molecule has 146 valence electrons. The number of carbonyl (C=O) groups excluding carboxylic acids is 1. The van der Waals surface area contributed by atoms with Crippen molar-refractivity contribution >= 4 is 34.0 Å². The van der Waals surface area contributed by atoms with E-state index in [1.54, 1.807) is 24.3 Å². The standard InChI is InChI=1S/C19H21BN2O5S/c1-2-28(26,27)18-11-10-17(12-15(18)13-21)22-19(23)5-3-4-14-6-8-16(9-7-14)20(24)25/h6-12,24-25H,2-5H2,1H3,(H,22,23). The van der Waals surface area contributed by atoms with Crippen LogP contribution in [-0.4, -0.2) is 37.2 Å². The molecule has 0 aliphatic heterocycles. The Bertz CT molecular complexity index is 982. The van der Waals surface area contributed by atoms with E-state index in [4.69, 9.17) is 10.0 Å². The quantitative estimate of drug-likeness (QED) is 0.567. The Kier molecular flexibility index (Phi) is 7.34. The zero-order chi connectivity index (χ0) is 20.7. The Labute approximate surface area is 164 Å². The summed E-state index contributed by atoms with van der Waals surface area (Å²) in [6, 6.07) is 12.8. The lowest BCUT2D eigenvalue weighted by Crippen LogP contribution is -2.29. The molecular weight excluding hydrogens is 379 g/mol. The summed E-state index contributed by atoms with van der Waals surface area (Å²) >= 11 is 0. The van der Waals surface area contributed by atoms with Crippen molar-refractivity contribution in [3.63, 3.8) is 0 Å². The molecule has 0 heterocycles. The van der Waals surface area contributed by atoms with Gasteiger partial charge >= 0.3 is 7.12 Å². The zero-order valence-electron chi connectivity index (χ0n) is 15.4.